The van der Waals surface area contributed by atoms with E-state index in [-0.39, 0.29) is 0 Å². The van der Waals surface area contributed by atoms with Crippen LogP contribution in [0, 0.1) is 5.92 Å². The Kier molecular flexibility index (Phi) is 5.78. The molecule has 2 aromatic carbocycles. The van der Waals surface area contributed by atoms with E-state index in [1.54, 1.807) is 11.1 Å². The van der Waals surface area contributed by atoms with Crippen LogP contribution in [0.25, 0.3) is 5.57 Å². The van der Waals surface area contributed by atoms with Crippen molar-refractivity contribution in [3.63, 3.8) is 0 Å². The summed E-state index contributed by atoms with van der Waals surface area (Å²) in [5.41, 5.74) is 7.11. The minimum Gasteiger partial charge on any atom is -0.0955 e. The maximum absolute atomic E-state index is 4.15. The molecule has 0 saturated heterocycles. The van der Waals surface area contributed by atoms with Crippen LogP contribution in [0.2, 0.25) is 0 Å². The summed E-state index contributed by atoms with van der Waals surface area (Å²) in [4.78, 5) is 0. The van der Waals surface area contributed by atoms with Crippen LogP contribution in [0.1, 0.15) is 80.5 Å². The minimum atomic E-state index is 0.630. The lowest BCUT2D eigenvalue weighted by molar-refractivity contribution is 0.422. The van der Waals surface area contributed by atoms with Gasteiger partial charge in [-0.2, -0.15) is 0 Å². The number of benzene rings is 2. The maximum atomic E-state index is 4.15. The van der Waals surface area contributed by atoms with E-state index in [0.717, 1.165) is 5.92 Å². The number of hydrogen-bond donors (Lipinski definition) is 0. The van der Waals surface area contributed by atoms with Crippen LogP contribution in [-0.4, -0.2) is 0 Å². The van der Waals surface area contributed by atoms with Crippen molar-refractivity contribution in [2.24, 2.45) is 5.92 Å². The monoisotopic (exact) mass is 332 g/mol. The maximum Gasteiger partial charge on any atom is -0.00524 e. The van der Waals surface area contributed by atoms with Crippen molar-refractivity contribution < 1.29 is 0 Å². The second kappa shape index (κ2) is 8.04. The van der Waals surface area contributed by atoms with Crippen molar-refractivity contribution >= 4 is 5.57 Å². The standard InChI is InChI=1S/C25H32/c1-5-9-19(4)12-15-23-24(20-10-7-6-8-11-20)17-22-14-13-21(18(2)3)16-25(22)23/h6-8,10-11,13-14,16,19,23-24H,2,5,9,12,15,17H2,1,3-4H3. The third-order valence-electron chi connectivity index (χ3n) is 5.94. The van der Waals surface area contributed by atoms with Gasteiger partial charge in [0, 0.05) is 0 Å². The molecule has 0 radical (unpaired) electrons. The Hall–Kier alpha value is -1.82. The highest BCUT2D eigenvalue weighted by Crippen LogP contribution is 2.47. The van der Waals surface area contributed by atoms with E-state index in [1.807, 2.05) is 0 Å². The number of hydrogen-bond acceptors (Lipinski definition) is 0. The molecule has 1 aliphatic carbocycles. The average molecular weight is 333 g/mol. The largest absolute Gasteiger partial charge is 0.0955 e. The summed E-state index contributed by atoms with van der Waals surface area (Å²) >= 11 is 0. The summed E-state index contributed by atoms with van der Waals surface area (Å²) in [6.07, 6.45) is 6.46. The van der Waals surface area contributed by atoms with Gasteiger partial charge >= 0.3 is 0 Å². The molecule has 0 heterocycles. The molecular weight excluding hydrogens is 300 g/mol. The van der Waals surface area contributed by atoms with Crippen LogP contribution in [-0.2, 0) is 6.42 Å². The SMILES string of the molecule is C=C(C)c1ccc2c(c1)C(CCC(C)CCC)C(c1ccccc1)C2. The third kappa shape index (κ3) is 4.06. The normalized spacial score (nSPS) is 20.3. The Balaban J connectivity index is 1.90. The summed E-state index contributed by atoms with van der Waals surface area (Å²) in [5, 5.41) is 0. The van der Waals surface area contributed by atoms with Gasteiger partial charge < -0.3 is 0 Å². The molecule has 0 spiro atoms. The highest BCUT2D eigenvalue weighted by Gasteiger charge is 2.33. The van der Waals surface area contributed by atoms with Gasteiger partial charge in [-0.1, -0.05) is 93.8 Å². The first kappa shape index (κ1) is 18.0. The van der Waals surface area contributed by atoms with Crippen molar-refractivity contribution in [1.82, 2.24) is 0 Å². The van der Waals surface area contributed by atoms with Gasteiger partial charge in [-0.25, -0.2) is 0 Å². The van der Waals surface area contributed by atoms with Crippen LogP contribution < -0.4 is 0 Å². The Morgan fingerprint density at radius 1 is 1.12 bits per heavy atom. The zero-order chi connectivity index (χ0) is 17.8. The first-order valence-electron chi connectivity index (χ1n) is 9.93. The van der Waals surface area contributed by atoms with Gasteiger partial charge in [0.2, 0.25) is 0 Å². The van der Waals surface area contributed by atoms with Gasteiger partial charge in [0.25, 0.3) is 0 Å². The summed E-state index contributed by atoms with van der Waals surface area (Å²) < 4.78 is 0. The van der Waals surface area contributed by atoms with Crippen molar-refractivity contribution in [2.75, 3.05) is 0 Å². The molecular formula is C25H32. The fourth-order valence-electron chi connectivity index (χ4n) is 4.50. The molecule has 3 rings (SSSR count). The fraction of sp³-hybridized carbons (Fsp3) is 0.440. The first-order valence-corrected chi connectivity index (χ1v) is 9.93. The average Bonchev–Trinajstić information content (AvgIpc) is 2.98. The van der Waals surface area contributed by atoms with Gasteiger partial charge in [0.15, 0.2) is 0 Å². The molecule has 1 aliphatic rings. The summed E-state index contributed by atoms with van der Waals surface area (Å²) in [6, 6.07) is 18.2. The van der Waals surface area contributed by atoms with Crippen LogP contribution in [0.4, 0.5) is 0 Å². The van der Waals surface area contributed by atoms with Crippen LogP contribution >= 0.6 is 0 Å². The zero-order valence-electron chi connectivity index (χ0n) is 16.1. The molecule has 3 unspecified atom stereocenters. The quantitative estimate of drug-likeness (QED) is 0.497. The zero-order valence-corrected chi connectivity index (χ0v) is 16.1. The Morgan fingerprint density at radius 2 is 1.88 bits per heavy atom. The summed E-state index contributed by atoms with van der Waals surface area (Å²) in [5.74, 6) is 2.11. The topological polar surface area (TPSA) is 0 Å². The van der Waals surface area contributed by atoms with E-state index in [9.17, 15) is 0 Å². The Morgan fingerprint density at radius 3 is 2.56 bits per heavy atom. The van der Waals surface area contributed by atoms with E-state index < -0.39 is 0 Å². The Bertz CT molecular complexity index is 710. The molecule has 0 fully saturated rings. The molecule has 0 N–H and O–H groups in total. The molecule has 2 aromatic rings. The molecule has 0 bridgehead atoms. The molecule has 25 heavy (non-hydrogen) atoms. The molecule has 132 valence electrons. The fourth-order valence-corrected chi connectivity index (χ4v) is 4.50. The first-order chi connectivity index (χ1) is 12.1. The second-order valence-electron chi connectivity index (χ2n) is 7.99. The van der Waals surface area contributed by atoms with Crippen molar-refractivity contribution in [3.8, 4) is 0 Å². The van der Waals surface area contributed by atoms with Gasteiger partial charge in [-0.05, 0) is 59.8 Å². The lowest BCUT2D eigenvalue weighted by Gasteiger charge is -2.23. The van der Waals surface area contributed by atoms with Crippen LogP contribution in [0.3, 0.4) is 0 Å². The van der Waals surface area contributed by atoms with Crippen molar-refractivity contribution in [2.45, 2.75) is 64.7 Å². The predicted octanol–water partition coefficient (Wildman–Crippen LogP) is 7.36. The molecule has 0 aromatic heterocycles. The van der Waals surface area contributed by atoms with Gasteiger partial charge in [-0.3, -0.25) is 0 Å². The smallest absolute Gasteiger partial charge is 0.00524 e. The molecule has 0 aliphatic heterocycles. The van der Waals surface area contributed by atoms with E-state index in [4.69, 9.17) is 0 Å². The highest BCUT2D eigenvalue weighted by molar-refractivity contribution is 5.63. The van der Waals surface area contributed by atoms with Crippen molar-refractivity contribution in [3.05, 3.63) is 77.4 Å². The minimum absolute atomic E-state index is 0.630. The lowest BCUT2D eigenvalue weighted by atomic mass is 9.81. The third-order valence-corrected chi connectivity index (χ3v) is 5.94. The van der Waals surface area contributed by atoms with Gasteiger partial charge in [0.1, 0.15) is 0 Å². The van der Waals surface area contributed by atoms with Crippen LogP contribution in [0.15, 0.2) is 55.1 Å². The van der Waals surface area contributed by atoms with Crippen LogP contribution in [0.5, 0.6) is 0 Å². The molecule has 3 atom stereocenters. The van der Waals surface area contributed by atoms with Gasteiger partial charge in [-0.15, -0.1) is 0 Å². The molecule has 0 nitrogen and oxygen atoms in total. The molecule has 0 amide bonds. The molecule has 0 saturated carbocycles. The highest BCUT2D eigenvalue weighted by atomic mass is 14.4. The van der Waals surface area contributed by atoms with E-state index in [0.29, 0.717) is 11.8 Å². The number of allylic oxidation sites excluding steroid dienone is 1. The lowest BCUT2D eigenvalue weighted by Crippen LogP contribution is -2.08. The predicted molar refractivity (Wildman–Crippen MR) is 110 cm³/mol. The number of rotatable bonds is 7. The van der Waals surface area contributed by atoms with Crippen molar-refractivity contribution in [1.29, 1.82) is 0 Å². The molecule has 0 heteroatoms. The van der Waals surface area contributed by atoms with E-state index in [1.165, 1.54) is 48.8 Å². The Labute approximate surface area is 154 Å². The van der Waals surface area contributed by atoms with Gasteiger partial charge in [0.05, 0.1) is 0 Å². The number of fused-ring (bicyclic) bond motifs is 1. The van der Waals surface area contributed by atoms with E-state index >= 15 is 0 Å². The summed E-state index contributed by atoms with van der Waals surface area (Å²) in [6.45, 7) is 11.0. The second-order valence-corrected chi connectivity index (χ2v) is 7.99. The van der Waals surface area contributed by atoms with E-state index in [2.05, 4.69) is 75.9 Å². The summed E-state index contributed by atoms with van der Waals surface area (Å²) in [7, 11) is 0.